The summed E-state index contributed by atoms with van der Waals surface area (Å²) in [5, 5.41) is 12.8. The number of nitrogens with zero attached hydrogens (tertiary/aromatic N) is 3. The minimum Gasteiger partial charge on any atom is -0.492 e. The average Bonchev–Trinajstić information content (AvgIpc) is 2.60. The van der Waals surface area contributed by atoms with E-state index in [-0.39, 0.29) is 12.4 Å². The molecule has 0 spiro atoms. The summed E-state index contributed by atoms with van der Waals surface area (Å²) >= 11 is 0. The zero-order valence-electron chi connectivity index (χ0n) is 8.17. The van der Waals surface area contributed by atoms with E-state index >= 15 is 0 Å². The third-order valence-corrected chi connectivity index (χ3v) is 1.92. The van der Waals surface area contributed by atoms with Gasteiger partial charge in [-0.1, -0.05) is 0 Å². The molecule has 0 bridgehead atoms. The van der Waals surface area contributed by atoms with Crippen LogP contribution in [-0.2, 0) is 0 Å². The Labute approximate surface area is 93.5 Å². The highest BCUT2D eigenvalue weighted by Gasteiger charge is 2.03. The third kappa shape index (κ3) is 2.03. The highest BCUT2D eigenvalue weighted by molar-refractivity contribution is 5.85. The maximum absolute atomic E-state index is 8.76. The number of hydrogen-bond acceptors (Lipinski definition) is 3. The van der Waals surface area contributed by atoms with Crippen LogP contribution in [0.1, 0.15) is 12.5 Å². The van der Waals surface area contributed by atoms with Crippen molar-refractivity contribution < 1.29 is 4.74 Å². The topological polar surface area (TPSA) is 50.3 Å². The Morgan fingerprint density at radius 2 is 2.33 bits per heavy atom. The van der Waals surface area contributed by atoms with Gasteiger partial charge >= 0.3 is 0 Å². The molecule has 78 valence electrons. The Balaban J connectivity index is 0.00000112. The van der Waals surface area contributed by atoms with E-state index in [1.807, 2.05) is 19.1 Å². The zero-order chi connectivity index (χ0) is 9.97. The number of pyridine rings is 1. The van der Waals surface area contributed by atoms with Gasteiger partial charge in [-0.05, 0) is 19.1 Å². The molecule has 0 saturated carbocycles. The van der Waals surface area contributed by atoms with E-state index in [4.69, 9.17) is 10.00 Å². The van der Waals surface area contributed by atoms with E-state index in [0.29, 0.717) is 12.2 Å². The Morgan fingerprint density at radius 3 is 3.00 bits per heavy atom. The molecule has 5 heteroatoms. The van der Waals surface area contributed by atoms with E-state index in [1.54, 1.807) is 16.9 Å². The summed E-state index contributed by atoms with van der Waals surface area (Å²) in [5.41, 5.74) is 1.38. The molecule has 15 heavy (non-hydrogen) atoms. The molecule has 0 radical (unpaired) electrons. The minimum absolute atomic E-state index is 0. The number of hydrogen-bond donors (Lipinski definition) is 0. The summed E-state index contributed by atoms with van der Waals surface area (Å²) in [6.07, 6.45) is 3.31. The predicted octanol–water partition coefficient (Wildman–Crippen LogP) is 2.03. The Hall–Kier alpha value is -1.73. The van der Waals surface area contributed by atoms with Gasteiger partial charge in [-0.3, -0.25) is 0 Å². The van der Waals surface area contributed by atoms with Crippen LogP contribution < -0.4 is 4.74 Å². The van der Waals surface area contributed by atoms with Gasteiger partial charge in [0.25, 0.3) is 0 Å². The van der Waals surface area contributed by atoms with Crippen LogP contribution in [0.4, 0.5) is 0 Å². The van der Waals surface area contributed by atoms with Crippen molar-refractivity contribution in [1.29, 1.82) is 5.26 Å². The fourth-order valence-electron chi connectivity index (χ4n) is 1.30. The van der Waals surface area contributed by atoms with Crippen molar-refractivity contribution in [3.05, 3.63) is 30.1 Å². The Morgan fingerprint density at radius 1 is 1.53 bits per heavy atom. The number of halogens is 1. The van der Waals surface area contributed by atoms with Crippen molar-refractivity contribution in [3.8, 4) is 11.8 Å². The molecular formula is C10H10ClN3O. The molecule has 0 amide bonds. The van der Waals surface area contributed by atoms with Crippen LogP contribution in [0.2, 0.25) is 0 Å². The van der Waals surface area contributed by atoms with Gasteiger partial charge in [-0.15, -0.1) is 12.4 Å². The summed E-state index contributed by atoms with van der Waals surface area (Å²) in [4.78, 5) is 0. The van der Waals surface area contributed by atoms with Gasteiger partial charge in [0.05, 0.1) is 30.1 Å². The van der Waals surface area contributed by atoms with Gasteiger partial charge in [0.15, 0.2) is 0 Å². The average molecular weight is 224 g/mol. The normalized spacial score (nSPS) is 9.33. The van der Waals surface area contributed by atoms with Crippen LogP contribution in [0.15, 0.2) is 24.5 Å². The van der Waals surface area contributed by atoms with Crippen LogP contribution in [-0.4, -0.2) is 16.2 Å². The first-order chi connectivity index (χ1) is 6.85. The molecule has 0 N–H and O–H groups in total. The fraction of sp³-hybridized carbons (Fsp3) is 0.200. The number of nitriles is 1. The van der Waals surface area contributed by atoms with Gasteiger partial charge in [0, 0.05) is 0 Å². The lowest BCUT2D eigenvalue weighted by atomic mass is 10.3. The van der Waals surface area contributed by atoms with Crippen molar-refractivity contribution in [2.45, 2.75) is 6.92 Å². The largest absolute Gasteiger partial charge is 0.492 e. The first-order valence-corrected chi connectivity index (χ1v) is 4.35. The van der Waals surface area contributed by atoms with Gasteiger partial charge in [0.1, 0.15) is 11.8 Å². The van der Waals surface area contributed by atoms with E-state index in [0.717, 1.165) is 11.3 Å². The van der Waals surface area contributed by atoms with Gasteiger partial charge in [-0.25, -0.2) is 4.52 Å². The summed E-state index contributed by atoms with van der Waals surface area (Å²) in [6, 6.07) is 5.74. The number of fused-ring (bicyclic) bond motifs is 1. The molecule has 0 aliphatic carbocycles. The smallest absolute Gasteiger partial charge is 0.137 e. The summed E-state index contributed by atoms with van der Waals surface area (Å²) in [5.74, 6) is 0.757. The van der Waals surface area contributed by atoms with Crippen molar-refractivity contribution in [3.63, 3.8) is 0 Å². The van der Waals surface area contributed by atoms with Crippen LogP contribution in [0.3, 0.4) is 0 Å². The van der Waals surface area contributed by atoms with Gasteiger partial charge in [0.2, 0.25) is 0 Å². The second-order valence-electron chi connectivity index (χ2n) is 2.80. The molecule has 2 aromatic rings. The molecule has 2 rings (SSSR count). The van der Waals surface area contributed by atoms with Crippen LogP contribution >= 0.6 is 12.4 Å². The standard InChI is InChI=1S/C10H9N3O.ClH/c1-2-14-9-3-4-10-8(5-11)6-12-13(10)7-9;/h3-4,6-7H,2H2,1H3;1H. The summed E-state index contributed by atoms with van der Waals surface area (Å²) in [6.45, 7) is 2.55. The molecule has 0 unspecified atom stereocenters. The molecule has 0 saturated heterocycles. The number of aromatic nitrogens is 2. The van der Waals surface area contributed by atoms with Crippen molar-refractivity contribution in [2.24, 2.45) is 0 Å². The SMILES string of the molecule is CCOc1ccc2c(C#N)cnn2c1.Cl. The number of ether oxygens (including phenoxy) is 1. The lowest BCUT2D eigenvalue weighted by molar-refractivity contribution is 0.338. The molecule has 0 aromatic carbocycles. The minimum atomic E-state index is 0. The quantitative estimate of drug-likeness (QED) is 0.783. The maximum Gasteiger partial charge on any atom is 0.137 e. The monoisotopic (exact) mass is 223 g/mol. The molecule has 0 fully saturated rings. The lowest BCUT2D eigenvalue weighted by Gasteiger charge is -2.02. The lowest BCUT2D eigenvalue weighted by Crippen LogP contribution is -1.94. The fourth-order valence-corrected chi connectivity index (χ4v) is 1.30. The molecule has 2 heterocycles. The second kappa shape index (κ2) is 4.67. The highest BCUT2D eigenvalue weighted by atomic mass is 35.5. The van der Waals surface area contributed by atoms with Crippen molar-refractivity contribution in [2.75, 3.05) is 6.61 Å². The maximum atomic E-state index is 8.76. The van der Waals surface area contributed by atoms with E-state index in [9.17, 15) is 0 Å². The zero-order valence-corrected chi connectivity index (χ0v) is 8.99. The molecule has 0 aliphatic heterocycles. The molecule has 0 atom stereocenters. The summed E-state index contributed by atoms with van der Waals surface area (Å²) in [7, 11) is 0. The first-order valence-electron chi connectivity index (χ1n) is 4.35. The van der Waals surface area contributed by atoms with Crippen LogP contribution in [0.5, 0.6) is 5.75 Å². The Bertz CT molecular complexity index is 501. The predicted molar refractivity (Wildman–Crippen MR) is 58.3 cm³/mol. The molecule has 0 aliphatic rings. The van der Waals surface area contributed by atoms with Crippen molar-refractivity contribution >= 4 is 17.9 Å². The van der Waals surface area contributed by atoms with E-state index in [2.05, 4.69) is 11.2 Å². The molecule has 4 nitrogen and oxygen atoms in total. The highest BCUT2D eigenvalue weighted by Crippen LogP contribution is 2.15. The first kappa shape index (κ1) is 11.3. The van der Waals surface area contributed by atoms with Gasteiger partial charge < -0.3 is 4.74 Å². The Kier molecular flexibility index (Phi) is 3.53. The number of rotatable bonds is 2. The van der Waals surface area contributed by atoms with Crippen molar-refractivity contribution in [1.82, 2.24) is 9.61 Å². The second-order valence-corrected chi connectivity index (χ2v) is 2.80. The van der Waals surface area contributed by atoms with E-state index in [1.165, 1.54) is 0 Å². The molecule has 2 aromatic heterocycles. The van der Waals surface area contributed by atoms with Crippen LogP contribution in [0.25, 0.3) is 5.52 Å². The summed E-state index contributed by atoms with van der Waals surface area (Å²) < 4.78 is 6.96. The van der Waals surface area contributed by atoms with Gasteiger partial charge in [-0.2, -0.15) is 10.4 Å². The third-order valence-electron chi connectivity index (χ3n) is 1.92. The van der Waals surface area contributed by atoms with E-state index < -0.39 is 0 Å². The molecular weight excluding hydrogens is 214 g/mol. The van der Waals surface area contributed by atoms with Crippen LogP contribution in [0, 0.1) is 11.3 Å².